The van der Waals surface area contributed by atoms with Crippen LogP contribution in [0.5, 0.6) is 5.75 Å². The molecule has 0 fully saturated rings. The summed E-state index contributed by atoms with van der Waals surface area (Å²) in [5.74, 6) is 0.0595. The molecular formula is C15H16N2O2. The van der Waals surface area contributed by atoms with Gasteiger partial charge in [0.1, 0.15) is 5.75 Å². The Morgan fingerprint density at radius 2 is 2.05 bits per heavy atom. The van der Waals surface area contributed by atoms with Crippen LogP contribution in [0.25, 0.3) is 6.08 Å². The lowest BCUT2D eigenvalue weighted by Crippen LogP contribution is -1.93. The molecule has 0 radical (unpaired) electrons. The average molecular weight is 256 g/mol. The lowest BCUT2D eigenvalue weighted by Gasteiger charge is -1.95. The smallest absolute Gasteiger partial charge is 0.185 e. The van der Waals surface area contributed by atoms with Gasteiger partial charge in [0.05, 0.1) is 5.69 Å². The summed E-state index contributed by atoms with van der Waals surface area (Å²) < 4.78 is 1.83. The van der Waals surface area contributed by atoms with E-state index in [4.69, 9.17) is 0 Å². The predicted octanol–water partition coefficient (Wildman–Crippen LogP) is 2.81. The largest absolute Gasteiger partial charge is 0.508 e. The number of phenolic OH excluding ortho intramolecular Hbond substituents is 1. The number of carbonyl (C=O) groups is 1. The molecule has 0 aliphatic rings. The molecule has 0 saturated carbocycles. The third-order valence-corrected chi connectivity index (χ3v) is 2.87. The van der Waals surface area contributed by atoms with Crippen molar-refractivity contribution in [3.05, 3.63) is 53.4 Å². The highest BCUT2D eigenvalue weighted by molar-refractivity contribution is 6.06. The van der Waals surface area contributed by atoms with Crippen molar-refractivity contribution in [3.63, 3.8) is 0 Å². The Kier molecular flexibility index (Phi) is 3.80. The van der Waals surface area contributed by atoms with Gasteiger partial charge < -0.3 is 5.11 Å². The summed E-state index contributed by atoms with van der Waals surface area (Å²) in [5.41, 5.74) is 2.39. The van der Waals surface area contributed by atoms with Crippen molar-refractivity contribution < 1.29 is 9.90 Å². The molecule has 0 saturated heterocycles. The fraction of sp³-hybridized carbons (Fsp3) is 0.200. The van der Waals surface area contributed by atoms with Crippen LogP contribution in [0.4, 0.5) is 0 Å². The lowest BCUT2D eigenvalue weighted by molar-refractivity contribution is 0.104. The van der Waals surface area contributed by atoms with E-state index < -0.39 is 0 Å². The van der Waals surface area contributed by atoms with Gasteiger partial charge in [0.25, 0.3) is 0 Å². The predicted molar refractivity (Wildman–Crippen MR) is 74.1 cm³/mol. The fourth-order valence-corrected chi connectivity index (χ4v) is 1.75. The van der Waals surface area contributed by atoms with Crippen molar-refractivity contribution in [2.24, 2.45) is 0 Å². The van der Waals surface area contributed by atoms with Gasteiger partial charge in [-0.25, -0.2) is 0 Å². The van der Waals surface area contributed by atoms with E-state index in [1.807, 2.05) is 24.7 Å². The molecular weight excluding hydrogens is 240 g/mol. The molecule has 1 aromatic heterocycles. The number of allylic oxidation sites excluding steroid dienone is 1. The average Bonchev–Trinajstić information content (AvgIpc) is 2.77. The number of nitrogens with zero attached hydrogens (tertiary/aromatic N) is 2. The molecule has 0 spiro atoms. The number of benzene rings is 1. The molecule has 19 heavy (non-hydrogen) atoms. The van der Waals surface area contributed by atoms with Gasteiger partial charge in [-0.1, -0.05) is 0 Å². The van der Waals surface area contributed by atoms with E-state index in [-0.39, 0.29) is 11.5 Å². The summed E-state index contributed by atoms with van der Waals surface area (Å²) in [4.78, 5) is 11.9. The van der Waals surface area contributed by atoms with Crippen molar-refractivity contribution >= 4 is 11.9 Å². The van der Waals surface area contributed by atoms with E-state index in [0.29, 0.717) is 5.56 Å². The van der Waals surface area contributed by atoms with Crippen LogP contribution in [-0.2, 0) is 6.54 Å². The van der Waals surface area contributed by atoms with Gasteiger partial charge >= 0.3 is 0 Å². The molecule has 0 atom stereocenters. The summed E-state index contributed by atoms with van der Waals surface area (Å²) in [6.07, 6.45) is 5.20. The zero-order valence-electron chi connectivity index (χ0n) is 11.0. The maximum Gasteiger partial charge on any atom is 0.185 e. The highest BCUT2D eigenvalue weighted by atomic mass is 16.3. The van der Waals surface area contributed by atoms with Crippen molar-refractivity contribution in [1.29, 1.82) is 0 Å². The summed E-state index contributed by atoms with van der Waals surface area (Å²) in [6.45, 7) is 4.74. The number of aromatic nitrogens is 2. The maximum absolute atomic E-state index is 11.9. The summed E-state index contributed by atoms with van der Waals surface area (Å²) in [7, 11) is 0. The van der Waals surface area contributed by atoms with E-state index >= 15 is 0 Å². The van der Waals surface area contributed by atoms with Crippen LogP contribution in [0.3, 0.4) is 0 Å². The molecule has 0 amide bonds. The van der Waals surface area contributed by atoms with Gasteiger partial charge in [-0.2, -0.15) is 5.10 Å². The van der Waals surface area contributed by atoms with Crippen molar-refractivity contribution in [1.82, 2.24) is 9.78 Å². The van der Waals surface area contributed by atoms with Gasteiger partial charge in [-0.15, -0.1) is 0 Å². The number of ketones is 1. The Balaban J connectivity index is 2.15. The Bertz CT molecular complexity index is 610. The first kappa shape index (κ1) is 13.1. The van der Waals surface area contributed by atoms with Crippen LogP contribution in [-0.4, -0.2) is 20.7 Å². The second-order valence-corrected chi connectivity index (χ2v) is 4.27. The Labute approximate surface area is 112 Å². The van der Waals surface area contributed by atoms with E-state index in [9.17, 15) is 9.90 Å². The summed E-state index contributed by atoms with van der Waals surface area (Å²) >= 11 is 0. The van der Waals surface area contributed by atoms with Gasteiger partial charge in [0, 0.05) is 23.9 Å². The number of phenols is 1. The third-order valence-electron chi connectivity index (χ3n) is 2.87. The van der Waals surface area contributed by atoms with Crippen molar-refractivity contribution in [2.75, 3.05) is 0 Å². The van der Waals surface area contributed by atoms with E-state index in [1.54, 1.807) is 18.2 Å². The third kappa shape index (κ3) is 3.10. The SMILES string of the molecule is CCn1cc(/C=C/C(=O)c2ccc(O)cc2)c(C)n1. The zero-order valence-corrected chi connectivity index (χ0v) is 11.0. The zero-order chi connectivity index (χ0) is 13.8. The molecule has 1 heterocycles. The molecule has 1 aromatic carbocycles. The van der Waals surface area contributed by atoms with Gasteiger partial charge in [-0.05, 0) is 50.3 Å². The molecule has 1 N–H and O–H groups in total. The van der Waals surface area contributed by atoms with Crippen molar-refractivity contribution in [3.8, 4) is 5.75 Å². The van der Waals surface area contributed by atoms with E-state index in [0.717, 1.165) is 17.8 Å². The van der Waals surface area contributed by atoms with Gasteiger partial charge in [-0.3, -0.25) is 9.48 Å². The highest BCUT2D eigenvalue weighted by Gasteiger charge is 2.04. The summed E-state index contributed by atoms with van der Waals surface area (Å²) in [6, 6.07) is 6.21. The van der Waals surface area contributed by atoms with Crippen LogP contribution in [0.15, 0.2) is 36.5 Å². The molecule has 0 aliphatic heterocycles. The van der Waals surface area contributed by atoms with Crippen LogP contribution in [0.1, 0.15) is 28.5 Å². The first-order valence-electron chi connectivity index (χ1n) is 6.15. The van der Waals surface area contributed by atoms with Crippen LogP contribution < -0.4 is 0 Å². The monoisotopic (exact) mass is 256 g/mol. The Morgan fingerprint density at radius 1 is 1.37 bits per heavy atom. The van der Waals surface area contributed by atoms with Crippen LogP contribution >= 0.6 is 0 Å². The molecule has 0 bridgehead atoms. The Hall–Kier alpha value is -2.36. The molecule has 2 rings (SSSR count). The number of hydrogen-bond donors (Lipinski definition) is 1. The summed E-state index contributed by atoms with van der Waals surface area (Å²) in [5, 5.41) is 13.5. The topological polar surface area (TPSA) is 55.1 Å². The number of rotatable bonds is 4. The molecule has 0 aliphatic carbocycles. The van der Waals surface area contributed by atoms with Crippen LogP contribution in [0, 0.1) is 6.92 Å². The fourth-order valence-electron chi connectivity index (χ4n) is 1.75. The molecule has 0 unspecified atom stereocenters. The van der Waals surface area contributed by atoms with Gasteiger partial charge in [0.15, 0.2) is 5.78 Å². The van der Waals surface area contributed by atoms with Crippen molar-refractivity contribution in [2.45, 2.75) is 20.4 Å². The van der Waals surface area contributed by atoms with E-state index in [2.05, 4.69) is 5.10 Å². The number of hydrogen-bond acceptors (Lipinski definition) is 3. The molecule has 98 valence electrons. The minimum atomic E-state index is -0.0938. The van der Waals surface area contributed by atoms with Crippen LogP contribution in [0.2, 0.25) is 0 Å². The first-order valence-corrected chi connectivity index (χ1v) is 6.15. The normalized spacial score (nSPS) is 11.1. The number of carbonyl (C=O) groups excluding carboxylic acids is 1. The Morgan fingerprint density at radius 3 is 2.63 bits per heavy atom. The molecule has 4 nitrogen and oxygen atoms in total. The standard InChI is InChI=1S/C15H16N2O2/c1-3-17-10-13(11(2)16-17)6-9-15(19)12-4-7-14(18)8-5-12/h4-10,18H,3H2,1-2H3/b9-6+. The second kappa shape index (κ2) is 5.52. The number of aromatic hydroxyl groups is 1. The minimum absolute atomic E-state index is 0.0938. The maximum atomic E-state index is 11.9. The first-order chi connectivity index (χ1) is 9.10. The number of aryl methyl sites for hydroxylation is 2. The minimum Gasteiger partial charge on any atom is -0.508 e. The lowest BCUT2D eigenvalue weighted by atomic mass is 10.1. The molecule has 4 heteroatoms. The highest BCUT2D eigenvalue weighted by Crippen LogP contribution is 2.12. The quantitative estimate of drug-likeness (QED) is 0.676. The molecule has 2 aromatic rings. The second-order valence-electron chi connectivity index (χ2n) is 4.27. The van der Waals surface area contributed by atoms with E-state index in [1.165, 1.54) is 18.2 Å². The van der Waals surface area contributed by atoms with Gasteiger partial charge in [0.2, 0.25) is 0 Å².